The van der Waals surface area contributed by atoms with E-state index in [0.29, 0.717) is 0 Å². The Labute approximate surface area is 90.5 Å². The second-order valence-electron chi connectivity index (χ2n) is 3.82. The molecule has 0 atom stereocenters. The number of nitrogens with zero attached hydrogens (tertiary/aromatic N) is 2. The first-order valence-corrected chi connectivity index (χ1v) is 5.39. The zero-order valence-corrected chi connectivity index (χ0v) is 9.11. The normalized spacial score (nSPS) is 15.4. The van der Waals surface area contributed by atoms with Crippen LogP contribution in [0.25, 0.3) is 0 Å². The van der Waals surface area contributed by atoms with Crippen LogP contribution in [0.4, 0.5) is 0 Å². The molecule has 1 aromatic heterocycles. The van der Waals surface area contributed by atoms with E-state index in [9.17, 15) is 0 Å². The predicted octanol–water partition coefficient (Wildman–Crippen LogP) is 1.79. The third-order valence-corrected chi connectivity index (χ3v) is 2.60. The van der Waals surface area contributed by atoms with E-state index in [1.54, 1.807) is 0 Å². The third-order valence-electron chi connectivity index (χ3n) is 2.60. The molecular formula is C12H17N3. The van der Waals surface area contributed by atoms with Gasteiger partial charge < -0.3 is 9.88 Å². The van der Waals surface area contributed by atoms with Gasteiger partial charge in [-0.3, -0.25) is 0 Å². The van der Waals surface area contributed by atoms with Gasteiger partial charge in [0.15, 0.2) is 0 Å². The van der Waals surface area contributed by atoms with Crippen molar-refractivity contribution < 1.29 is 0 Å². The Morgan fingerprint density at radius 3 is 3.00 bits per heavy atom. The summed E-state index contributed by atoms with van der Waals surface area (Å²) < 4.78 is 2.04. The molecule has 1 aromatic rings. The summed E-state index contributed by atoms with van der Waals surface area (Å²) in [6, 6.07) is 0. The summed E-state index contributed by atoms with van der Waals surface area (Å²) in [6.45, 7) is 1.76. The van der Waals surface area contributed by atoms with Crippen LogP contribution in [0.5, 0.6) is 0 Å². The van der Waals surface area contributed by atoms with Crippen LogP contribution in [0.15, 0.2) is 36.2 Å². The first kappa shape index (κ1) is 10.2. The van der Waals surface area contributed by atoms with Gasteiger partial charge in [0, 0.05) is 26.0 Å². The van der Waals surface area contributed by atoms with Gasteiger partial charge in [0.2, 0.25) is 0 Å². The Hall–Kier alpha value is -1.35. The van der Waals surface area contributed by atoms with Crippen molar-refractivity contribution in [2.24, 2.45) is 7.05 Å². The van der Waals surface area contributed by atoms with Gasteiger partial charge in [0.1, 0.15) is 5.82 Å². The highest BCUT2D eigenvalue weighted by molar-refractivity contribution is 5.23. The predicted molar refractivity (Wildman–Crippen MR) is 61.4 cm³/mol. The number of nitrogens with one attached hydrogen (secondary N) is 1. The molecule has 0 saturated carbocycles. The van der Waals surface area contributed by atoms with Gasteiger partial charge in [-0.25, -0.2) is 4.98 Å². The van der Waals surface area contributed by atoms with Gasteiger partial charge in [-0.2, -0.15) is 0 Å². The minimum absolute atomic E-state index is 0.828. The molecule has 0 unspecified atom stereocenters. The Bertz CT molecular complexity index is 374. The molecule has 1 aliphatic carbocycles. The van der Waals surface area contributed by atoms with Crippen LogP contribution in [0.1, 0.15) is 18.7 Å². The van der Waals surface area contributed by atoms with Crippen molar-refractivity contribution >= 4 is 0 Å². The fourth-order valence-corrected chi connectivity index (χ4v) is 1.68. The second kappa shape index (κ2) is 4.94. The smallest absolute Gasteiger partial charge is 0.122 e. The van der Waals surface area contributed by atoms with Gasteiger partial charge in [-0.05, 0) is 18.4 Å². The molecule has 0 spiro atoms. The van der Waals surface area contributed by atoms with E-state index in [-0.39, 0.29) is 0 Å². The van der Waals surface area contributed by atoms with Gasteiger partial charge >= 0.3 is 0 Å². The number of hydrogen-bond donors (Lipinski definition) is 1. The highest BCUT2D eigenvalue weighted by Gasteiger charge is 2.00. The van der Waals surface area contributed by atoms with Crippen molar-refractivity contribution in [2.45, 2.75) is 19.4 Å². The van der Waals surface area contributed by atoms with Crippen molar-refractivity contribution in [3.63, 3.8) is 0 Å². The Kier molecular flexibility index (Phi) is 3.35. The molecule has 15 heavy (non-hydrogen) atoms. The van der Waals surface area contributed by atoms with E-state index in [2.05, 4.69) is 28.5 Å². The van der Waals surface area contributed by atoms with Gasteiger partial charge in [-0.15, -0.1) is 0 Å². The topological polar surface area (TPSA) is 29.9 Å². The average molecular weight is 203 g/mol. The summed E-state index contributed by atoms with van der Waals surface area (Å²) >= 11 is 0. The monoisotopic (exact) mass is 203 g/mol. The van der Waals surface area contributed by atoms with Crippen LogP contribution in [-0.2, 0) is 13.6 Å². The van der Waals surface area contributed by atoms with Crippen molar-refractivity contribution in [3.05, 3.63) is 42.0 Å². The van der Waals surface area contributed by atoms with E-state index in [0.717, 1.165) is 18.9 Å². The van der Waals surface area contributed by atoms with Gasteiger partial charge in [0.05, 0.1) is 6.54 Å². The molecule has 80 valence electrons. The third kappa shape index (κ3) is 2.80. The summed E-state index contributed by atoms with van der Waals surface area (Å²) in [5.74, 6) is 1.08. The van der Waals surface area contributed by atoms with Crippen molar-refractivity contribution in [1.29, 1.82) is 0 Å². The summed E-state index contributed by atoms with van der Waals surface area (Å²) in [5.41, 5.74) is 1.38. The Balaban J connectivity index is 1.78. The first-order chi connectivity index (χ1) is 7.36. The molecule has 0 radical (unpaired) electrons. The highest BCUT2D eigenvalue weighted by Crippen LogP contribution is 2.08. The first-order valence-electron chi connectivity index (χ1n) is 5.39. The highest BCUT2D eigenvalue weighted by atomic mass is 15.1. The summed E-state index contributed by atoms with van der Waals surface area (Å²) in [6.07, 6.45) is 12.9. The fraction of sp³-hybridized carbons (Fsp3) is 0.417. The molecule has 0 saturated heterocycles. The lowest BCUT2D eigenvalue weighted by Crippen LogP contribution is -2.18. The minimum atomic E-state index is 0.828. The maximum atomic E-state index is 4.26. The largest absolute Gasteiger partial charge is 0.337 e. The van der Waals surface area contributed by atoms with Crippen LogP contribution in [0.2, 0.25) is 0 Å². The lowest BCUT2D eigenvalue weighted by Gasteiger charge is -2.08. The van der Waals surface area contributed by atoms with Crippen LogP contribution >= 0.6 is 0 Å². The molecule has 1 N–H and O–H groups in total. The molecule has 0 aromatic carbocycles. The van der Waals surface area contributed by atoms with E-state index >= 15 is 0 Å². The van der Waals surface area contributed by atoms with Gasteiger partial charge in [-0.1, -0.05) is 18.2 Å². The van der Waals surface area contributed by atoms with Crippen molar-refractivity contribution in [3.8, 4) is 0 Å². The molecule has 0 aliphatic heterocycles. The van der Waals surface area contributed by atoms with Gasteiger partial charge in [0.25, 0.3) is 0 Å². The standard InChI is InChI=1S/C12H17N3/c1-15-8-7-14-12(15)10-13-9-11-5-3-2-4-6-11/h3,5-8,13H,2,4,9-10H2,1H3. The van der Waals surface area contributed by atoms with Crippen LogP contribution in [-0.4, -0.2) is 16.1 Å². The van der Waals surface area contributed by atoms with E-state index in [4.69, 9.17) is 0 Å². The summed E-state index contributed by atoms with van der Waals surface area (Å²) in [7, 11) is 2.02. The molecule has 0 amide bonds. The molecule has 0 bridgehead atoms. The molecule has 3 nitrogen and oxygen atoms in total. The SMILES string of the molecule is Cn1ccnc1CNCC1=CCCC=C1. The summed E-state index contributed by atoms with van der Waals surface area (Å²) in [5, 5.41) is 3.40. The zero-order chi connectivity index (χ0) is 10.5. The average Bonchev–Trinajstić information content (AvgIpc) is 2.66. The van der Waals surface area contributed by atoms with E-state index in [1.165, 1.54) is 18.4 Å². The Morgan fingerprint density at radius 1 is 1.40 bits per heavy atom. The van der Waals surface area contributed by atoms with E-state index in [1.807, 2.05) is 24.0 Å². The maximum Gasteiger partial charge on any atom is 0.122 e. The van der Waals surface area contributed by atoms with Crippen LogP contribution in [0, 0.1) is 0 Å². The van der Waals surface area contributed by atoms with Crippen molar-refractivity contribution in [2.75, 3.05) is 6.54 Å². The lowest BCUT2D eigenvalue weighted by molar-refractivity contribution is 0.671. The number of aromatic nitrogens is 2. The number of imidazole rings is 1. The number of rotatable bonds is 4. The quantitative estimate of drug-likeness (QED) is 0.808. The van der Waals surface area contributed by atoms with Crippen LogP contribution in [0.3, 0.4) is 0 Å². The number of allylic oxidation sites excluding steroid dienone is 2. The molecule has 0 fully saturated rings. The fourth-order valence-electron chi connectivity index (χ4n) is 1.68. The van der Waals surface area contributed by atoms with Crippen LogP contribution < -0.4 is 5.32 Å². The molecular weight excluding hydrogens is 186 g/mol. The van der Waals surface area contributed by atoms with Crippen molar-refractivity contribution in [1.82, 2.24) is 14.9 Å². The Morgan fingerprint density at radius 2 is 2.33 bits per heavy atom. The molecule has 1 heterocycles. The van der Waals surface area contributed by atoms with E-state index < -0.39 is 0 Å². The number of hydrogen-bond acceptors (Lipinski definition) is 2. The minimum Gasteiger partial charge on any atom is -0.337 e. The molecule has 2 rings (SSSR count). The second-order valence-corrected chi connectivity index (χ2v) is 3.82. The molecule has 3 heteroatoms. The number of aryl methyl sites for hydroxylation is 1. The zero-order valence-electron chi connectivity index (χ0n) is 9.11. The molecule has 1 aliphatic rings. The lowest BCUT2D eigenvalue weighted by atomic mass is 10.1. The maximum absolute atomic E-state index is 4.26. The summed E-state index contributed by atoms with van der Waals surface area (Å²) in [4.78, 5) is 4.26.